The van der Waals surface area contributed by atoms with Crippen LogP contribution in [0.1, 0.15) is 29.8 Å². The van der Waals surface area contributed by atoms with Gasteiger partial charge in [-0.3, -0.25) is 4.79 Å². The average molecular weight is 398 g/mol. The molecule has 0 saturated heterocycles. The molecule has 2 aromatic heterocycles. The Morgan fingerprint density at radius 3 is 2.71 bits per heavy atom. The van der Waals surface area contributed by atoms with Gasteiger partial charge in [-0.1, -0.05) is 19.9 Å². The molecule has 0 bridgehead atoms. The van der Waals surface area contributed by atoms with Crippen LogP contribution in [-0.4, -0.2) is 48.0 Å². The van der Waals surface area contributed by atoms with Crippen molar-refractivity contribution in [2.24, 2.45) is 11.1 Å². The second-order valence-electron chi connectivity index (χ2n) is 8.21. The normalized spacial score (nSPS) is 11.9. The van der Waals surface area contributed by atoms with E-state index in [9.17, 15) is 4.79 Å². The number of carbonyl (C=O) groups excluding carboxylic acids is 1. The molecular weight excluding hydrogens is 370 g/mol. The van der Waals surface area contributed by atoms with E-state index in [4.69, 9.17) is 5.73 Å². The van der Waals surface area contributed by atoms with E-state index in [1.165, 1.54) is 0 Å². The Bertz CT molecular complexity index is 1010. The molecule has 0 spiro atoms. The number of benzene rings is 1. The van der Waals surface area contributed by atoms with Crippen molar-refractivity contribution in [1.82, 2.24) is 14.9 Å². The van der Waals surface area contributed by atoms with Crippen molar-refractivity contribution in [1.29, 1.82) is 0 Å². The number of amides is 1. The van der Waals surface area contributed by atoms with E-state index in [1.807, 2.05) is 25.3 Å². The van der Waals surface area contributed by atoms with Crippen molar-refractivity contribution >= 4 is 33.4 Å². The van der Waals surface area contributed by atoms with Crippen molar-refractivity contribution in [2.45, 2.75) is 20.8 Å². The van der Waals surface area contributed by atoms with Crippen LogP contribution < -0.4 is 11.1 Å². The number of nitrogens with zero attached hydrogens (tertiary/aromatic N) is 3. The molecule has 3 aromatic rings. The van der Waals surface area contributed by atoms with Crippen molar-refractivity contribution in [2.75, 3.05) is 32.5 Å². The van der Waals surface area contributed by atoms with Gasteiger partial charge in [0.15, 0.2) is 0 Å². The molecule has 1 aromatic carbocycles. The van der Waals surface area contributed by atoms with E-state index in [1.54, 1.807) is 17.4 Å². The van der Waals surface area contributed by atoms with Gasteiger partial charge in [-0.15, -0.1) is 11.3 Å². The number of nitrogens with one attached hydrogen (secondary N) is 1. The summed E-state index contributed by atoms with van der Waals surface area (Å²) in [6, 6.07) is 7.59. The van der Waals surface area contributed by atoms with Crippen LogP contribution in [0.25, 0.3) is 20.7 Å². The summed E-state index contributed by atoms with van der Waals surface area (Å²) in [4.78, 5) is 24.8. The number of nitrogens with two attached hydrogens (primary N) is 1. The average Bonchev–Trinajstić information content (AvgIpc) is 3.02. The van der Waals surface area contributed by atoms with Crippen LogP contribution in [-0.2, 0) is 0 Å². The van der Waals surface area contributed by atoms with Gasteiger partial charge >= 0.3 is 0 Å². The minimum atomic E-state index is -0.422. The summed E-state index contributed by atoms with van der Waals surface area (Å²) in [5.41, 5.74) is 8.14. The summed E-state index contributed by atoms with van der Waals surface area (Å²) in [7, 11) is 4.15. The topological polar surface area (TPSA) is 84.1 Å². The van der Waals surface area contributed by atoms with Crippen LogP contribution in [0.5, 0.6) is 0 Å². The number of carbonyl (C=O) groups is 1. The number of hydrogen-bond acceptors (Lipinski definition) is 6. The number of primary amides is 1. The van der Waals surface area contributed by atoms with Gasteiger partial charge in [-0.25, -0.2) is 9.97 Å². The summed E-state index contributed by atoms with van der Waals surface area (Å²) in [6.07, 6.45) is 1.84. The van der Waals surface area contributed by atoms with Gasteiger partial charge in [0.05, 0.1) is 0 Å². The van der Waals surface area contributed by atoms with Gasteiger partial charge in [-0.05, 0) is 55.8 Å². The molecule has 148 valence electrons. The first-order valence-corrected chi connectivity index (χ1v) is 10.0. The number of fused-ring (bicyclic) bond motifs is 1. The van der Waals surface area contributed by atoms with Crippen LogP contribution in [0, 0.1) is 12.3 Å². The molecule has 0 aliphatic heterocycles. The van der Waals surface area contributed by atoms with E-state index >= 15 is 0 Å². The lowest BCUT2D eigenvalue weighted by molar-refractivity contribution is 0.100. The van der Waals surface area contributed by atoms with Crippen LogP contribution in [0.2, 0.25) is 0 Å². The first-order valence-electron chi connectivity index (χ1n) is 9.21. The predicted octanol–water partition coefficient (Wildman–Crippen LogP) is 3.77. The van der Waals surface area contributed by atoms with Crippen LogP contribution >= 0.6 is 11.3 Å². The summed E-state index contributed by atoms with van der Waals surface area (Å²) < 4.78 is 0. The molecule has 7 heteroatoms. The summed E-state index contributed by atoms with van der Waals surface area (Å²) in [5.74, 6) is 0.212. The number of thiophene rings is 1. The van der Waals surface area contributed by atoms with Gasteiger partial charge < -0.3 is 16.0 Å². The van der Waals surface area contributed by atoms with Gasteiger partial charge in [0.2, 0.25) is 11.9 Å². The van der Waals surface area contributed by atoms with Crippen molar-refractivity contribution in [3.8, 4) is 10.4 Å². The van der Waals surface area contributed by atoms with Crippen molar-refractivity contribution in [3.63, 3.8) is 0 Å². The van der Waals surface area contributed by atoms with Crippen LogP contribution in [0.3, 0.4) is 0 Å². The fraction of sp³-hybridized carbons (Fsp3) is 0.381. The molecular formula is C21H27N5OS. The number of aromatic nitrogens is 2. The highest BCUT2D eigenvalue weighted by atomic mass is 32.1. The quantitative estimate of drug-likeness (QED) is 0.634. The molecule has 0 aliphatic carbocycles. The maximum absolute atomic E-state index is 11.5. The number of anilines is 1. The molecule has 0 fully saturated rings. The molecule has 0 aliphatic rings. The highest BCUT2D eigenvalue weighted by molar-refractivity contribution is 7.21. The fourth-order valence-corrected chi connectivity index (χ4v) is 4.41. The minimum Gasteiger partial charge on any atom is -0.366 e. The Kier molecular flexibility index (Phi) is 5.67. The van der Waals surface area contributed by atoms with Crippen molar-refractivity contribution in [3.05, 3.63) is 41.6 Å². The lowest BCUT2D eigenvalue weighted by Crippen LogP contribution is -2.34. The summed E-state index contributed by atoms with van der Waals surface area (Å²) in [5, 5.41) is 4.35. The molecule has 0 saturated carbocycles. The monoisotopic (exact) mass is 397 g/mol. The summed E-state index contributed by atoms with van der Waals surface area (Å²) in [6.45, 7) is 8.22. The molecule has 0 atom stereocenters. The molecule has 0 radical (unpaired) electrons. The first kappa shape index (κ1) is 20.2. The predicted molar refractivity (Wildman–Crippen MR) is 117 cm³/mol. The zero-order chi connectivity index (χ0) is 20.5. The Balaban J connectivity index is 1.86. The van der Waals surface area contributed by atoms with Gasteiger partial charge in [0.1, 0.15) is 4.83 Å². The van der Waals surface area contributed by atoms with E-state index in [0.717, 1.165) is 39.3 Å². The highest BCUT2D eigenvalue weighted by Gasteiger charge is 2.19. The first-order chi connectivity index (χ1) is 13.1. The maximum atomic E-state index is 11.5. The van der Waals surface area contributed by atoms with Crippen molar-refractivity contribution < 1.29 is 4.79 Å². The zero-order valence-electron chi connectivity index (χ0n) is 17.0. The Morgan fingerprint density at radius 1 is 1.29 bits per heavy atom. The Labute approximate surface area is 169 Å². The second kappa shape index (κ2) is 7.85. The van der Waals surface area contributed by atoms with Crippen LogP contribution in [0.4, 0.5) is 5.95 Å². The fourth-order valence-electron chi connectivity index (χ4n) is 3.32. The van der Waals surface area contributed by atoms with E-state index in [-0.39, 0.29) is 5.41 Å². The SMILES string of the molecule is Cc1ccc(C(N)=O)cc1-c1cc2cnc(NCC(C)(C)CN(C)C)nc2s1. The largest absolute Gasteiger partial charge is 0.366 e. The Hall–Kier alpha value is -2.51. The molecule has 1 amide bonds. The third-order valence-corrected chi connectivity index (χ3v) is 5.61. The summed E-state index contributed by atoms with van der Waals surface area (Å²) >= 11 is 1.59. The van der Waals surface area contributed by atoms with Gasteiger partial charge in [0, 0.05) is 35.1 Å². The number of aryl methyl sites for hydroxylation is 1. The second-order valence-corrected chi connectivity index (χ2v) is 9.24. The lowest BCUT2D eigenvalue weighted by Gasteiger charge is -2.28. The standard InChI is InChI=1S/C21H27N5OS/c1-13-6-7-14(18(22)27)8-16(13)17-9-15-10-23-20(25-19(15)28-17)24-11-21(2,3)12-26(4)5/h6-10H,11-12H2,1-5H3,(H2,22,27)(H,23,24,25). The minimum absolute atomic E-state index is 0.106. The molecule has 3 rings (SSSR count). The highest BCUT2D eigenvalue weighted by Crippen LogP contribution is 2.35. The maximum Gasteiger partial charge on any atom is 0.248 e. The third-order valence-electron chi connectivity index (χ3n) is 4.53. The molecule has 2 heterocycles. The number of hydrogen-bond donors (Lipinski definition) is 2. The molecule has 0 unspecified atom stereocenters. The van der Waals surface area contributed by atoms with E-state index in [2.05, 4.69) is 54.2 Å². The number of rotatable bonds is 7. The van der Waals surface area contributed by atoms with Gasteiger partial charge in [-0.2, -0.15) is 0 Å². The smallest absolute Gasteiger partial charge is 0.248 e. The molecule has 28 heavy (non-hydrogen) atoms. The third kappa shape index (κ3) is 4.66. The van der Waals surface area contributed by atoms with E-state index < -0.39 is 5.91 Å². The molecule has 6 nitrogen and oxygen atoms in total. The molecule has 3 N–H and O–H groups in total. The van der Waals surface area contributed by atoms with Crippen LogP contribution in [0.15, 0.2) is 30.5 Å². The Morgan fingerprint density at radius 2 is 2.04 bits per heavy atom. The van der Waals surface area contributed by atoms with Gasteiger partial charge in [0.25, 0.3) is 0 Å². The van der Waals surface area contributed by atoms with E-state index in [0.29, 0.717) is 11.5 Å². The lowest BCUT2D eigenvalue weighted by atomic mass is 9.93. The zero-order valence-corrected chi connectivity index (χ0v) is 17.9.